The van der Waals surface area contributed by atoms with Crippen molar-refractivity contribution in [2.45, 2.75) is 19.8 Å². The van der Waals surface area contributed by atoms with Gasteiger partial charge in [0.25, 0.3) is 0 Å². The average molecular weight is 358 g/mol. The van der Waals surface area contributed by atoms with Gasteiger partial charge < -0.3 is 15.2 Å². The molecule has 0 saturated carbocycles. The molecule has 128 valence electrons. The summed E-state index contributed by atoms with van der Waals surface area (Å²) in [5.41, 5.74) is 6.59. The van der Waals surface area contributed by atoms with Gasteiger partial charge in [0.2, 0.25) is 5.88 Å². The largest absolute Gasteiger partial charge is 0.462 e. The third-order valence-corrected chi connectivity index (χ3v) is 5.06. The SMILES string of the molecule is CCOC(=O)c1c(C)sc2c1OC(N)=C(C#N)C2c1ccccc1F. The lowest BCUT2D eigenvalue weighted by Crippen LogP contribution is -2.21. The highest BCUT2D eigenvalue weighted by atomic mass is 32.1. The van der Waals surface area contributed by atoms with E-state index in [1.807, 2.05) is 6.07 Å². The van der Waals surface area contributed by atoms with E-state index in [-0.39, 0.29) is 29.4 Å². The summed E-state index contributed by atoms with van der Waals surface area (Å²) in [5.74, 6) is -1.60. The van der Waals surface area contributed by atoms with Crippen LogP contribution >= 0.6 is 11.3 Å². The summed E-state index contributed by atoms with van der Waals surface area (Å²) in [6.07, 6.45) is 0. The van der Waals surface area contributed by atoms with E-state index < -0.39 is 17.7 Å². The van der Waals surface area contributed by atoms with Gasteiger partial charge in [-0.25, -0.2) is 9.18 Å². The smallest absolute Gasteiger partial charge is 0.343 e. The molecule has 0 fully saturated rings. The van der Waals surface area contributed by atoms with Gasteiger partial charge >= 0.3 is 5.97 Å². The minimum Gasteiger partial charge on any atom is -0.462 e. The third-order valence-electron chi connectivity index (χ3n) is 3.91. The highest BCUT2D eigenvalue weighted by molar-refractivity contribution is 7.12. The van der Waals surface area contributed by atoms with Crippen molar-refractivity contribution in [3.8, 4) is 11.8 Å². The molecular formula is C18H15FN2O3S. The lowest BCUT2D eigenvalue weighted by atomic mass is 9.88. The fraction of sp³-hybridized carbons (Fsp3) is 0.222. The number of hydrogen-bond acceptors (Lipinski definition) is 6. The summed E-state index contributed by atoms with van der Waals surface area (Å²) in [6.45, 7) is 3.67. The molecule has 0 amide bonds. The molecule has 0 saturated heterocycles. The number of esters is 1. The first kappa shape index (κ1) is 17.0. The van der Waals surface area contributed by atoms with Crippen LogP contribution in [0.25, 0.3) is 0 Å². The number of rotatable bonds is 3. The predicted octanol–water partition coefficient (Wildman–Crippen LogP) is 3.59. The van der Waals surface area contributed by atoms with E-state index in [1.165, 1.54) is 17.4 Å². The van der Waals surface area contributed by atoms with Gasteiger partial charge in [-0.3, -0.25) is 0 Å². The summed E-state index contributed by atoms with van der Waals surface area (Å²) in [5, 5.41) is 9.50. The molecule has 2 heterocycles. The van der Waals surface area contributed by atoms with Crippen molar-refractivity contribution in [2.24, 2.45) is 5.73 Å². The molecule has 0 bridgehead atoms. The fourth-order valence-corrected chi connectivity index (χ4v) is 4.05. The molecule has 3 rings (SSSR count). The zero-order valence-corrected chi connectivity index (χ0v) is 14.4. The van der Waals surface area contributed by atoms with Crippen LogP contribution in [0.4, 0.5) is 4.39 Å². The van der Waals surface area contributed by atoms with E-state index in [0.717, 1.165) is 0 Å². The Morgan fingerprint density at radius 2 is 2.20 bits per heavy atom. The van der Waals surface area contributed by atoms with Crippen LogP contribution in [0.3, 0.4) is 0 Å². The predicted molar refractivity (Wildman–Crippen MR) is 90.7 cm³/mol. The van der Waals surface area contributed by atoms with E-state index in [1.54, 1.807) is 32.0 Å². The standard InChI is InChI=1S/C18H15FN2O3S/c1-3-23-18(22)13-9(2)25-16-14(10-6-4-5-7-12(10)19)11(8-20)17(21)24-15(13)16/h4-7,14H,3,21H2,1-2H3. The summed E-state index contributed by atoms with van der Waals surface area (Å²) in [6, 6.07) is 8.18. The van der Waals surface area contributed by atoms with Crippen molar-refractivity contribution in [1.82, 2.24) is 0 Å². The zero-order valence-electron chi connectivity index (χ0n) is 13.6. The number of ether oxygens (including phenoxy) is 2. The number of halogens is 1. The molecule has 1 aromatic heterocycles. The van der Waals surface area contributed by atoms with Crippen LogP contribution in [0.5, 0.6) is 5.75 Å². The van der Waals surface area contributed by atoms with Gasteiger partial charge in [0.1, 0.15) is 23.0 Å². The Hall–Kier alpha value is -2.85. The van der Waals surface area contributed by atoms with Crippen LogP contribution in [0, 0.1) is 24.1 Å². The Morgan fingerprint density at radius 3 is 2.84 bits per heavy atom. The van der Waals surface area contributed by atoms with Crippen LogP contribution in [0.1, 0.15) is 38.5 Å². The minimum absolute atomic E-state index is 0.120. The second kappa shape index (κ2) is 6.57. The topological polar surface area (TPSA) is 85.3 Å². The Bertz CT molecular complexity index is 927. The normalized spacial score (nSPS) is 16.0. The van der Waals surface area contributed by atoms with Crippen molar-refractivity contribution in [1.29, 1.82) is 5.26 Å². The van der Waals surface area contributed by atoms with Crippen molar-refractivity contribution < 1.29 is 18.7 Å². The lowest BCUT2D eigenvalue weighted by molar-refractivity contribution is 0.0522. The van der Waals surface area contributed by atoms with Crippen molar-refractivity contribution in [2.75, 3.05) is 6.61 Å². The van der Waals surface area contributed by atoms with Gasteiger partial charge in [-0.2, -0.15) is 5.26 Å². The second-order valence-electron chi connectivity index (χ2n) is 5.39. The molecule has 25 heavy (non-hydrogen) atoms. The number of aryl methyl sites for hydroxylation is 1. The minimum atomic E-state index is -0.721. The zero-order chi connectivity index (χ0) is 18.1. The number of benzene rings is 1. The maximum absolute atomic E-state index is 14.4. The number of hydrogen-bond donors (Lipinski definition) is 1. The van der Waals surface area contributed by atoms with Crippen molar-refractivity contribution >= 4 is 17.3 Å². The molecule has 7 heteroatoms. The molecule has 1 aliphatic heterocycles. The molecule has 5 nitrogen and oxygen atoms in total. The third kappa shape index (κ3) is 2.75. The molecule has 0 spiro atoms. The first-order chi connectivity index (χ1) is 12.0. The first-order valence-corrected chi connectivity index (χ1v) is 8.43. The van der Waals surface area contributed by atoms with Gasteiger partial charge in [-0.15, -0.1) is 11.3 Å². The molecule has 1 aromatic carbocycles. The van der Waals surface area contributed by atoms with Crippen LogP contribution < -0.4 is 10.5 Å². The van der Waals surface area contributed by atoms with E-state index in [9.17, 15) is 14.4 Å². The number of nitrogens with two attached hydrogens (primary N) is 1. The lowest BCUT2D eigenvalue weighted by Gasteiger charge is -2.24. The first-order valence-electron chi connectivity index (χ1n) is 7.62. The highest BCUT2D eigenvalue weighted by Gasteiger charge is 2.38. The number of allylic oxidation sites excluding steroid dienone is 1. The van der Waals surface area contributed by atoms with E-state index in [2.05, 4.69) is 0 Å². The number of thiophene rings is 1. The van der Waals surface area contributed by atoms with Gasteiger partial charge in [-0.05, 0) is 19.9 Å². The highest BCUT2D eigenvalue weighted by Crippen LogP contribution is 2.49. The number of fused-ring (bicyclic) bond motifs is 1. The van der Waals surface area contributed by atoms with Crippen LogP contribution in [-0.4, -0.2) is 12.6 Å². The summed E-state index contributed by atoms with van der Waals surface area (Å²) in [4.78, 5) is 13.5. The Labute approximate surface area is 148 Å². The summed E-state index contributed by atoms with van der Waals surface area (Å²) in [7, 11) is 0. The number of carbonyl (C=O) groups excluding carboxylic acids is 1. The van der Waals surface area contributed by atoms with Crippen LogP contribution in [-0.2, 0) is 4.74 Å². The van der Waals surface area contributed by atoms with Crippen molar-refractivity contribution in [3.63, 3.8) is 0 Å². The van der Waals surface area contributed by atoms with E-state index in [4.69, 9.17) is 15.2 Å². The van der Waals surface area contributed by atoms with Crippen LogP contribution in [0.2, 0.25) is 0 Å². The molecule has 1 unspecified atom stereocenters. The molecule has 2 N–H and O–H groups in total. The number of nitrogens with zero attached hydrogens (tertiary/aromatic N) is 1. The van der Waals surface area contributed by atoms with Gasteiger partial charge in [0.15, 0.2) is 5.75 Å². The quantitative estimate of drug-likeness (QED) is 0.848. The number of nitriles is 1. The van der Waals surface area contributed by atoms with Crippen LogP contribution in [0.15, 0.2) is 35.7 Å². The average Bonchev–Trinajstić information content (AvgIpc) is 2.90. The fourth-order valence-electron chi connectivity index (χ4n) is 2.84. The molecule has 0 radical (unpaired) electrons. The Balaban J connectivity index is 2.24. The molecule has 1 aliphatic rings. The monoisotopic (exact) mass is 358 g/mol. The Morgan fingerprint density at radius 1 is 1.48 bits per heavy atom. The number of carbonyl (C=O) groups is 1. The van der Waals surface area contributed by atoms with E-state index in [0.29, 0.717) is 15.3 Å². The molecule has 0 aliphatic carbocycles. The second-order valence-corrected chi connectivity index (χ2v) is 6.65. The van der Waals surface area contributed by atoms with Gasteiger partial charge in [0, 0.05) is 10.4 Å². The van der Waals surface area contributed by atoms with Gasteiger partial charge in [-0.1, -0.05) is 18.2 Å². The maximum atomic E-state index is 14.4. The molecular weight excluding hydrogens is 343 g/mol. The summed E-state index contributed by atoms with van der Waals surface area (Å²) >= 11 is 1.27. The maximum Gasteiger partial charge on any atom is 0.343 e. The van der Waals surface area contributed by atoms with E-state index >= 15 is 0 Å². The van der Waals surface area contributed by atoms with Crippen molar-refractivity contribution in [3.05, 3.63) is 62.4 Å². The molecule has 1 atom stereocenters. The molecule has 2 aromatic rings. The van der Waals surface area contributed by atoms with Gasteiger partial charge in [0.05, 0.1) is 17.4 Å². The summed E-state index contributed by atoms with van der Waals surface area (Å²) < 4.78 is 25.0. The Kier molecular flexibility index (Phi) is 4.47.